The Morgan fingerprint density at radius 1 is 1.03 bits per heavy atom. The molecule has 9 heteroatoms. The molecule has 0 aliphatic heterocycles. The zero-order valence-electron chi connectivity index (χ0n) is 18.5. The molecule has 0 aliphatic rings. The van der Waals surface area contributed by atoms with Gasteiger partial charge in [0.25, 0.3) is 0 Å². The van der Waals surface area contributed by atoms with E-state index in [1.807, 2.05) is 13.8 Å². The van der Waals surface area contributed by atoms with Gasteiger partial charge in [-0.2, -0.15) is 0 Å². The van der Waals surface area contributed by atoms with Crippen LogP contribution in [-0.2, 0) is 19.7 Å². The molecule has 1 aromatic carbocycles. The number of esters is 1. The Kier molecular flexibility index (Phi) is 14.5. The van der Waals surface area contributed by atoms with Crippen LogP contribution in [0.25, 0.3) is 0 Å². The van der Waals surface area contributed by atoms with Gasteiger partial charge in [0.1, 0.15) is 21.9 Å². The van der Waals surface area contributed by atoms with Crippen molar-refractivity contribution in [1.82, 2.24) is 5.32 Å². The minimum absolute atomic E-state index is 0. The molecule has 2 unspecified atom stereocenters. The first kappa shape index (κ1) is 29.1. The Bertz CT molecular complexity index is 769. The van der Waals surface area contributed by atoms with Crippen molar-refractivity contribution in [2.45, 2.75) is 83.1 Å². The maximum Gasteiger partial charge on any atom is 1.00 e. The Labute approximate surface area is 202 Å². The van der Waals surface area contributed by atoms with E-state index in [9.17, 15) is 22.6 Å². The zero-order chi connectivity index (χ0) is 21.9. The molecule has 0 radical (unpaired) electrons. The molecular formula is C21H32NNaO6S. The monoisotopic (exact) mass is 449 g/mol. The first-order chi connectivity index (χ1) is 13.7. The van der Waals surface area contributed by atoms with Crippen LogP contribution in [0.2, 0.25) is 0 Å². The molecule has 0 saturated carbocycles. The van der Waals surface area contributed by atoms with Gasteiger partial charge in [0.05, 0.1) is 4.90 Å². The molecule has 0 aromatic heterocycles. The van der Waals surface area contributed by atoms with E-state index in [4.69, 9.17) is 4.74 Å². The number of hydrogen-bond acceptors (Lipinski definition) is 6. The van der Waals surface area contributed by atoms with Gasteiger partial charge >= 0.3 is 35.5 Å². The average molecular weight is 450 g/mol. The molecule has 0 saturated heterocycles. The van der Waals surface area contributed by atoms with E-state index in [0.29, 0.717) is 12.8 Å². The van der Waals surface area contributed by atoms with Crippen molar-refractivity contribution in [3.8, 4) is 5.75 Å². The third kappa shape index (κ3) is 10.4. The smallest absolute Gasteiger partial charge is 0.744 e. The van der Waals surface area contributed by atoms with E-state index in [1.165, 1.54) is 18.2 Å². The van der Waals surface area contributed by atoms with Gasteiger partial charge in [0.2, 0.25) is 5.91 Å². The van der Waals surface area contributed by atoms with Gasteiger partial charge in [-0.25, -0.2) is 13.2 Å². The Morgan fingerprint density at radius 3 is 2.27 bits per heavy atom. The van der Waals surface area contributed by atoms with E-state index >= 15 is 0 Å². The van der Waals surface area contributed by atoms with E-state index in [-0.39, 0.29) is 47.1 Å². The molecule has 0 bridgehead atoms. The molecule has 164 valence electrons. The Morgan fingerprint density at radius 2 is 1.67 bits per heavy atom. The topological polar surface area (TPSA) is 113 Å². The number of unbranched alkanes of at least 4 members (excludes halogenated alkanes) is 4. The summed E-state index contributed by atoms with van der Waals surface area (Å²) in [5.41, 5.74) is 0. The van der Waals surface area contributed by atoms with Gasteiger partial charge < -0.3 is 14.6 Å². The predicted octanol–water partition coefficient (Wildman–Crippen LogP) is 0.782. The van der Waals surface area contributed by atoms with Crippen LogP contribution in [0.1, 0.15) is 72.1 Å². The maximum atomic E-state index is 12.6. The fourth-order valence-corrected chi connectivity index (χ4v) is 3.50. The molecule has 0 heterocycles. The molecule has 0 aliphatic carbocycles. The van der Waals surface area contributed by atoms with Crippen molar-refractivity contribution in [3.63, 3.8) is 0 Å². The molecule has 1 N–H and O–H groups in total. The molecular weight excluding hydrogens is 417 g/mol. The van der Waals surface area contributed by atoms with Crippen molar-refractivity contribution < 1.29 is 56.9 Å². The minimum Gasteiger partial charge on any atom is -0.744 e. The summed E-state index contributed by atoms with van der Waals surface area (Å²) in [7, 11) is -4.79. The van der Waals surface area contributed by atoms with Gasteiger partial charge in [-0.3, -0.25) is 4.79 Å². The second kappa shape index (κ2) is 15.0. The minimum atomic E-state index is -4.79. The van der Waals surface area contributed by atoms with E-state index < -0.39 is 27.0 Å². The van der Waals surface area contributed by atoms with Crippen molar-refractivity contribution >= 4 is 22.0 Å². The Balaban J connectivity index is 0.00000841. The molecule has 0 fully saturated rings. The van der Waals surface area contributed by atoms with Crippen LogP contribution in [0.4, 0.5) is 0 Å². The second-order valence-corrected chi connectivity index (χ2v) is 8.62. The molecule has 0 spiro atoms. The van der Waals surface area contributed by atoms with Crippen molar-refractivity contribution in [2.24, 2.45) is 5.92 Å². The van der Waals surface area contributed by atoms with E-state index in [0.717, 1.165) is 44.6 Å². The fraction of sp³-hybridized carbons (Fsp3) is 0.619. The number of amides is 1. The summed E-state index contributed by atoms with van der Waals surface area (Å²) in [5.74, 6) is -1.57. The van der Waals surface area contributed by atoms with Crippen LogP contribution < -0.4 is 39.6 Å². The average Bonchev–Trinajstić information content (AvgIpc) is 2.67. The summed E-state index contributed by atoms with van der Waals surface area (Å²) in [6, 6.07) is 4.28. The van der Waals surface area contributed by atoms with Crippen LogP contribution in [0, 0.1) is 5.92 Å². The van der Waals surface area contributed by atoms with Crippen LogP contribution in [-0.4, -0.2) is 30.9 Å². The summed E-state index contributed by atoms with van der Waals surface area (Å²) in [4.78, 5) is 24.5. The number of benzene rings is 1. The summed E-state index contributed by atoms with van der Waals surface area (Å²) >= 11 is 0. The first-order valence-electron chi connectivity index (χ1n) is 10.3. The van der Waals surface area contributed by atoms with Crippen molar-refractivity contribution in [3.05, 3.63) is 24.3 Å². The first-order valence-corrected chi connectivity index (χ1v) is 11.7. The number of para-hydroxylation sites is 1. The van der Waals surface area contributed by atoms with Crippen LogP contribution in [0.5, 0.6) is 5.75 Å². The SMILES string of the molecule is CCCCCCC(C)C(=O)NC(CCCC)C(=O)Oc1ccccc1S(=O)(=O)[O-].[Na+]. The van der Waals surface area contributed by atoms with Crippen LogP contribution >= 0.6 is 0 Å². The van der Waals surface area contributed by atoms with Crippen molar-refractivity contribution in [1.29, 1.82) is 0 Å². The third-order valence-electron chi connectivity index (χ3n) is 4.71. The zero-order valence-corrected chi connectivity index (χ0v) is 21.3. The maximum absolute atomic E-state index is 12.6. The fourth-order valence-electron chi connectivity index (χ4n) is 2.90. The molecule has 1 amide bonds. The standard InChI is InChI=1S/C21H33NO6S.Na/c1-4-6-8-9-12-16(3)20(23)22-17(13-7-5-2)21(24)28-18-14-10-11-15-19(18)29(25,26)27;/h10-11,14-17H,4-9,12-13H2,1-3H3,(H,22,23)(H,25,26,27);/q;+1/p-1. The van der Waals surface area contributed by atoms with Gasteiger partial charge in [-0.05, 0) is 25.0 Å². The third-order valence-corrected chi connectivity index (χ3v) is 5.59. The number of ether oxygens (including phenoxy) is 1. The summed E-state index contributed by atoms with van der Waals surface area (Å²) < 4.78 is 39.3. The summed E-state index contributed by atoms with van der Waals surface area (Å²) in [5, 5.41) is 2.73. The van der Waals surface area contributed by atoms with Gasteiger partial charge in [-0.1, -0.05) is 71.4 Å². The molecule has 2 atom stereocenters. The van der Waals surface area contributed by atoms with Gasteiger partial charge in [0.15, 0.2) is 0 Å². The van der Waals surface area contributed by atoms with E-state index in [1.54, 1.807) is 0 Å². The number of rotatable bonds is 13. The Hall–Kier alpha value is -0.930. The number of carbonyl (C=O) groups is 2. The van der Waals surface area contributed by atoms with Crippen molar-refractivity contribution in [2.75, 3.05) is 0 Å². The second-order valence-electron chi connectivity index (χ2n) is 7.28. The molecule has 1 aromatic rings. The normalized spacial score (nSPS) is 13.1. The number of hydrogen-bond donors (Lipinski definition) is 1. The van der Waals surface area contributed by atoms with E-state index in [2.05, 4.69) is 12.2 Å². The van der Waals surface area contributed by atoms with Gasteiger partial charge in [-0.15, -0.1) is 0 Å². The summed E-state index contributed by atoms with van der Waals surface area (Å²) in [6.45, 7) is 5.90. The quantitative estimate of drug-likeness (QED) is 0.157. The summed E-state index contributed by atoms with van der Waals surface area (Å²) in [6.07, 6.45) is 6.86. The van der Waals surface area contributed by atoms with Crippen LogP contribution in [0.3, 0.4) is 0 Å². The predicted molar refractivity (Wildman–Crippen MR) is 109 cm³/mol. The number of nitrogens with one attached hydrogen (secondary N) is 1. The molecule has 7 nitrogen and oxygen atoms in total. The molecule has 30 heavy (non-hydrogen) atoms. The molecule has 1 rings (SSSR count). The van der Waals surface area contributed by atoms with Gasteiger partial charge in [0, 0.05) is 5.92 Å². The largest absolute Gasteiger partial charge is 1.00 e. The number of carbonyl (C=O) groups excluding carboxylic acids is 2. The van der Waals surface area contributed by atoms with Crippen LogP contribution in [0.15, 0.2) is 29.2 Å².